The van der Waals surface area contributed by atoms with Crippen LogP contribution in [-0.2, 0) is 14.8 Å². The Balaban J connectivity index is 2.41. The molecule has 0 unspecified atom stereocenters. The summed E-state index contributed by atoms with van der Waals surface area (Å²) in [5.74, 6) is 0.407. The minimum absolute atomic E-state index is 0.245. The van der Waals surface area contributed by atoms with Crippen LogP contribution in [-0.4, -0.2) is 34.1 Å². The molecule has 0 atom stereocenters. The summed E-state index contributed by atoms with van der Waals surface area (Å²) >= 11 is 9.78. The molecule has 1 aromatic rings. The Morgan fingerprint density at radius 2 is 2.19 bits per heavy atom. The second kappa shape index (κ2) is 6.93. The maximum absolute atomic E-state index is 11.7. The van der Waals surface area contributed by atoms with Crippen molar-refractivity contribution < 1.29 is 13.2 Å². The molecule has 0 saturated carbocycles. The Morgan fingerprint density at radius 1 is 1.44 bits per heavy atom. The van der Waals surface area contributed by atoms with E-state index in [1.54, 1.807) is 12.1 Å². The van der Waals surface area contributed by atoms with Crippen LogP contribution in [0.4, 0.5) is 0 Å². The molecule has 0 aliphatic heterocycles. The summed E-state index contributed by atoms with van der Waals surface area (Å²) in [4.78, 5) is 0. The number of hydrogen-bond acceptors (Lipinski definition) is 4. The molecule has 1 N–H and O–H groups in total. The first kappa shape index (κ1) is 14.4. The highest BCUT2D eigenvalue weighted by molar-refractivity contribution is 9.11. The lowest BCUT2D eigenvalue weighted by Crippen LogP contribution is -2.27. The molecule has 0 spiro atoms. The van der Waals surface area contributed by atoms with Gasteiger partial charge in [-0.15, -0.1) is 22.9 Å². The van der Waals surface area contributed by atoms with Gasteiger partial charge in [0.25, 0.3) is 0 Å². The molecule has 4 nitrogen and oxygen atoms in total. The normalized spacial score (nSPS) is 11.9. The summed E-state index contributed by atoms with van der Waals surface area (Å²) in [5.41, 5.74) is 0. The fourth-order valence-corrected chi connectivity index (χ4v) is 4.09. The van der Waals surface area contributed by atoms with Crippen LogP contribution in [0.25, 0.3) is 0 Å². The number of alkyl halides is 1. The van der Waals surface area contributed by atoms with Crippen molar-refractivity contribution in [1.29, 1.82) is 0 Å². The van der Waals surface area contributed by atoms with Crippen molar-refractivity contribution in [2.24, 2.45) is 0 Å². The van der Waals surface area contributed by atoms with E-state index < -0.39 is 10.0 Å². The molecule has 0 saturated heterocycles. The first-order chi connectivity index (χ1) is 7.56. The van der Waals surface area contributed by atoms with Crippen LogP contribution in [0.1, 0.15) is 0 Å². The maximum Gasteiger partial charge on any atom is 0.250 e. The molecule has 1 aromatic heterocycles. The number of rotatable bonds is 7. The second-order valence-corrected chi connectivity index (χ2v) is 7.59. The molecule has 1 heterocycles. The molecule has 92 valence electrons. The molecule has 16 heavy (non-hydrogen) atoms. The van der Waals surface area contributed by atoms with Gasteiger partial charge in [-0.2, -0.15) is 0 Å². The number of nitrogens with one attached hydrogen (secondary N) is 1. The lowest BCUT2D eigenvalue weighted by Gasteiger charge is -2.04. The number of halogens is 2. The molecule has 0 fully saturated rings. The highest BCUT2D eigenvalue weighted by Gasteiger charge is 2.15. The van der Waals surface area contributed by atoms with Crippen LogP contribution in [0, 0.1) is 0 Å². The highest BCUT2D eigenvalue weighted by Crippen LogP contribution is 2.25. The van der Waals surface area contributed by atoms with Crippen molar-refractivity contribution in [3.8, 4) is 0 Å². The Bertz CT molecular complexity index is 421. The lowest BCUT2D eigenvalue weighted by atomic mass is 10.7. The van der Waals surface area contributed by atoms with Crippen molar-refractivity contribution in [2.75, 3.05) is 25.6 Å². The molecule has 0 aliphatic carbocycles. The number of ether oxygens (including phenoxy) is 1. The van der Waals surface area contributed by atoms with E-state index in [0.717, 1.165) is 3.79 Å². The third-order valence-corrected chi connectivity index (χ3v) is 5.30. The van der Waals surface area contributed by atoms with Crippen molar-refractivity contribution >= 4 is 48.9 Å². The van der Waals surface area contributed by atoms with Gasteiger partial charge >= 0.3 is 0 Å². The summed E-state index contributed by atoms with van der Waals surface area (Å²) in [6, 6.07) is 3.25. The van der Waals surface area contributed by atoms with Crippen LogP contribution < -0.4 is 4.72 Å². The van der Waals surface area contributed by atoms with Crippen molar-refractivity contribution in [2.45, 2.75) is 4.21 Å². The van der Waals surface area contributed by atoms with Gasteiger partial charge in [0.1, 0.15) is 4.21 Å². The zero-order valence-electron chi connectivity index (χ0n) is 8.28. The molecule has 0 amide bonds. The zero-order valence-corrected chi connectivity index (χ0v) is 12.3. The van der Waals surface area contributed by atoms with Crippen LogP contribution in [0.5, 0.6) is 0 Å². The van der Waals surface area contributed by atoms with E-state index in [-0.39, 0.29) is 10.8 Å². The van der Waals surface area contributed by atoms with Crippen LogP contribution in [0.15, 0.2) is 20.1 Å². The standard InChI is InChI=1S/C8H11BrClNO3S2/c9-7-1-2-8(15-7)16(12,13)11-4-6-14-5-3-10/h1-2,11H,3-6H2. The summed E-state index contributed by atoms with van der Waals surface area (Å²) in [5, 5.41) is 0. The molecule has 0 bridgehead atoms. The van der Waals surface area contributed by atoms with E-state index in [1.807, 2.05) is 0 Å². The van der Waals surface area contributed by atoms with E-state index in [9.17, 15) is 8.42 Å². The van der Waals surface area contributed by atoms with Crippen LogP contribution in [0.3, 0.4) is 0 Å². The van der Waals surface area contributed by atoms with Gasteiger partial charge in [-0.1, -0.05) is 0 Å². The molecule has 0 radical (unpaired) electrons. The van der Waals surface area contributed by atoms with E-state index in [0.29, 0.717) is 19.1 Å². The molecular formula is C8H11BrClNO3S2. The van der Waals surface area contributed by atoms with E-state index >= 15 is 0 Å². The maximum atomic E-state index is 11.7. The summed E-state index contributed by atoms with van der Waals surface area (Å²) in [6.07, 6.45) is 0. The summed E-state index contributed by atoms with van der Waals surface area (Å²) in [6.45, 7) is 0.987. The van der Waals surface area contributed by atoms with E-state index in [4.69, 9.17) is 16.3 Å². The monoisotopic (exact) mass is 347 g/mol. The van der Waals surface area contributed by atoms with Crippen LogP contribution in [0.2, 0.25) is 0 Å². The number of thiophene rings is 1. The zero-order chi connectivity index (χ0) is 12.0. The van der Waals surface area contributed by atoms with E-state index in [2.05, 4.69) is 20.7 Å². The Kier molecular flexibility index (Phi) is 6.23. The smallest absolute Gasteiger partial charge is 0.250 e. The molecular weight excluding hydrogens is 338 g/mol. The average Bonchev–Trinajstić information content (AvgIpc) is 2.65. The topological polar surface area (TPSA) is 55.4 Å². The van der Waals surface area contributed by atoms with Gasteiger partial charge in [0.2, 0.25) is 10.0 Å². The predicted octanol–water partition coefficient (Wildman–Crippen LogP) is 2.04. The second-order valence-electron chi connectivity index (χ2n) is 2.76. The Labute approximate surface area is 112 Å². The van der Waals surface area contributed by atoms with Gasteiger partial charge in [0, 0.05) is 12.4 Å². The largest absolute Gasteiger partial charge is 0.379 e. The lowest BCUT2D eigenvalue weighted by molar-refractivity contribution is 0.155. The van der Waals surface area contributed by atoms with Crippen LogP contribution >= 0.6 is 38.9 Å². The SMILES string of the molecule is O=S(=O)(NCCOCCCl)c1ccc(Br)s1. The van der Waals surface area contributed by atoms with Gasteiger partial charge in [-0.05, 0) is 28.1 Å². The summed E-state index contributed by atoms with van der Waals surface area (Å²) in [7, 11) is -3.40. The van der Waals surface area contributed by atoms with Crippen molar-refractivity contribution in [3.05, 3.63) is 15.9 Å². The fraction of sp³-hybridized carbons (Fsp3) is 0.500. The Hall–Kier alpha value is 0.340. The third-order valence-electron chi connectivity index (χ3n) is 1.57. The van der Waals surface area contributed by atoms with Crippen molar-refractivity contribution in [1.82, 2.24) is 4.72 Å². The van der Waals surface area contributed by atoms with Gasteiger partial charge in [-0.3, -0.25) is 0 Å². The highest BCUT2D eigenvalue weighted by atomic mass is 79.9. The molecule has 8 heteroatoms. The number of hydrogen-bond donors (Lipinski definition) is 1. The van der Waals surface area contributed by atoms with Gasteiger partial charge < -0.3 is 4.74 Å². The quantitative estimate of drug-likeness (QED) is 0.606. The summed E-state index contributed by atoms with van der Waals surface area (Å²) < 4.78 is 31.9. The molecule has 1 rings (SSSR count). The van der Waals surface area contributed by atoms with Gasteiger partial charge in [-0.25, -0.2) is 13.1 Å². The van der Waals surface area contributed by atoms with Gasteiger partial charge in [0.15, 0.2) is 0 Å². The third kappa shape index (κ3) is 4.68. The molecule has 0 aromatic carbocycles. The van der Waals surface area contributed by atoms with Crippen molar-refractivity contribution in [3.63, 3.8) is 0 Å². The number of sulfonamides is 1. The molecule has 0 aliphatic rings. The fourth-order valence-electron chi connectivity index (χ4n) is 0.918. The predicted molar refractivity (Wildman–Crippen MR) is 68.7 cm³/mol. The minimum Gasteiger partial charge on any atom is -0.379 e. The Morgan fingerprint density at radius 3 is 2.75 bits per heavy atom. The van der Waals surface area contributed by atoms with Gasteiger partial charge in [0.05, 0.1) is 17.0 Å². The first-order valence-electron chi connectivity index (χ1n) is 4.45. The minimum atomic E-state index is -3.40. The average molecular weight is 349 g/mol. The first-order valence-corrected chi connectivity index (χ1v) is 8.07. The van der Waals surface area contributed by atoms with E-state index in [1.165, 1.54) is 11.3 Å².